The zero-order valence-corrected chi connectivity index (χ0v) is 13.0. The fraction of sp³-hybridized carbons (Fsp3) is 0.467. The summed E-state index contributed by atoms with van der Waals surface area (Å²) in [6.07, 6.45) is 0. The summed E-state index contributed by atoms with van der Waals surface area (Å²) in [5.41, 5.74) is 0.577. The molecule has 0 aromatic heterocycles. The van der Waals surface area contributed by atoms with Crippen molar-refractivity contribution in [1.29, 1.82) is 0 Å². The molecule has 0 saturated carbocycles. The largest absolute Gasteiger partial charge is 0.493 e. The molecule has 1 aromatic carbocycles. The molecule has 1 atom stereocenters. The molecule has 0 aliphatic heterocycles. The second-order valence-corrected chi connectivity index (χ2v) is 4.98. The first-order valence-electron chi connectivity index (χ1n) is 6.69. The Balaban J connectivity index is 2.88. The van der Waals surface area contributed by atoms with E-state index in [4.69, 9.17) is 9.47 Å². The van der Waals surface area contributed by atoms with Gasteiger partial charge in [0.25, 0.3) is 0 Å². The molecule has 0 radical (unpaired) electrons. The van der Waals surface area contributed by atoms with Crippen molar-refractivity contribution in [1.82, 2.24) is 5.32 Å². The number of methoxy groups -OCH3 is 2. The van der Waals surface area contributed by atoms with E-state index >= 15 is 0 Å². The van der Waals surface area contributed by atoms with Crippen molar-refractivity contribution >= 4 is 17.5 Å². The molecule has 0 bridgehead atoms. The van der Waals surface area contributed by atoms with Crippen LogP contribution < -0.4 is 20.1 Å². The van der Waals surface area contributed by atoms with Crippen molar-refractivity contribution < 1.29 is 19.1 Å². The summed E-state index contributed by atoms with van der Waals surface area (Å²) in [6.45, 7) is 5.13. The Bertz CT molecular complexity index is 514. The fourth-order valence-corrected chi connectivity index (χ4v) is 1.89. The molecule has 0 spiro atoms. The SMILES string of the molecule is COc1ccc(NC(=O)C(NC(C)=O)C(C)C)cc1OC. The third kappa shape index (κ3) is 4.66. The number of anilines is 1. The van der Waals surface area contributed by atoms with E-state index in [9.17, 15) is 9.59 Å². The topological polar surface area (TPSA) is 76.7 Å². The van der Waals surface area contributed by atoms with Gasteiger partial charge in [0.1, 0.15) is 6.04 Å². The van der Waals surface area contributed by atoms with Gasteiger partial charge in [-0.05, 0) is 18.1 Å². The molecule has 6 nitrogen and oxygen atoms in total. The van der Waals surface area contributed by atoms with Crippen LogP contribution in [0.4, 0.5) is 5.69 Å². The number of amides is 2. The second-order valence-electron chi connectivity index (χ2n) is 4.98. The van der Waals surface area contributed by atoms with Crippen LogP contribution in [0.2, 0.25) is 0 Å². The standard InChI is InChI=1S/C15H22N2O4/c1-9(2)14(16-10(3)18)15(19)17-11-6-7-12(20-4)13(8-11)21-5/h6-9,14H,1-5H3,(H,16,18)(H,17,19). The molecule has 0 saturated heterocycles. The van der Waals surface area contributed by atoms with Gasteiger partial charge in [0.15, 0.2) is 11.5 Å². The molecule has 1 rings (SSSR count). The quantitative estimate of drug-likeness (QED) is 0.839. The Labute approximate surface area is 124 Å². The molecule has 116 valence electrons. The Morgan fingerprint density at radius 3 is 2.19 bits per heavy atom. The smallest absolute Gasteiger partial charge is 0.247 e. The average molecular weight is 294 g/mol. The normalized spacial score (nSPS) is 11.7. The van der Waals surface area contributed by atoms with E-state index in [2.05, 4.69) is 10.6 Å². The zero-order chi connectivity index (χ0) is 16.0. The molecule has 0 aliphatic carbocycles. The van der Waals surface area contributed by atoms with Gasteiger partial charge in [-0.1, -0.05) is 13.8 Å². The highest BCUT2D eigenvalue weighted by molar-refractivity contribution is 5.97. The molecular weight excluding hydrogens is 272 g/mol. The number of hydrogen-bond donors (Lipinski definition) is 2. The molecule has 0 fully saturated rings. The first-order valence-corrected chi connectivity index (χ1v) is 6.69. The minimum Gasteiger partial charge on any atom is -0.493 e. The molecule has 1 aromatic rings. The summed E-state index contributed by atoms with van der Waals surface area (Å²) in [6, 6.07) is 4.50. The monoisotopic (exact) mass is 294 g/mol. The summed E-state index contributed by atoms with van der Waals surface area (Å²) in [7, 11) is 3.07. The lowest BCUT2D eigenvalue weighted by atomic mass is 10.0. The highest BCUT2D eigenvalue weighted by Crippen LogP contribution is 2.29. The minimum absolute atomic E-state index is 0.0194. The number of benzene rings is 1. The third-order valence-electron chi connectivity index (χ3n) is 2.96. The second kappa shape index (κ2) is 7.52. The number of rotatable bonds is 6. The van der Waals surface area contributed by atoms with Crippen LogP contribution in [-0.2, 0) is 9.59 Å². The van der Waals surface area contributed by atoms with Crippen molar-refractivity contribution in [2.75, 3.05) is 19.5 Å². The predicted molar refractivity (Wildman–Crippen MR) is 80.6 cm³/mol. The van der Waals surface area contributed by atoms with Crippen LogP contribution in [0.1, 0.15) is 20.8 Å². The van der Waals surface area contributed by atoms with Gasteiger partial charge in [-0.25, -0.2) is 0 Å². The average Bonchev–Trinajstić information content (AvgIpc) is 2.43. The maximum atomic E-state index is 12.2. The first-order chi connectivity index (χ1) is 9.88. The number of carbonyl (C=O) groups is 2. The van der Waals surface area contributed by atoms with E-state index in [-0.39, 0.29) is 17.7 Å². The lowest BCUT2D eigenvalue weighted by Crippen LogP contribution is -2.46. The van der Waals surface area contributed by atoms with E-state index in [0.717, 1.165) is 0 Å². The van der Waals surface area contributed by atoms with Crippen LogP contribution in [0, 0.1) is 5.92 Å². The summed E-state index contributed by atoms with van der Waals surface area (Å²) in [5, 5.41) is 5.41. The van der Waals surface area contributed by atoms with E-state index in [1.807, 2.05) is 13.8 Å². The lowest BCUT2D eigenvalue weighted by Gasteiger charge is -2.21. The number of carbonyl (C=O) groups excluding carboxylic acids is 2. The van der Waals surface area contributed by atoms with Gasteiger partial charge in [-0.15, -0.1) is 0 Å². The van der Waals surface area contributed by atoms with Crippen LogP contribution in [-0.4, -0.2) is 32.1 Å². The van der Waals surface area contributed by atoms with Gasteiger partial charge in [0, 0.05) is 18.7 Å². The van der Waals surface area contributed by atoms with Crippen LogP contribution in [0.15, 0.2) is 18.2 Å². The fourth-order valence-electron chi connectivity index (χ4n) is 1.89. The number of hydrogen-bond acceptors (Lipinski definition) is 4. The van der Waals surface area contributed by atoms with Gasteiger partial charge in [-0.2, -0.15) is 0 Å². The van der Waals surface area contributed by atoms with E-state index in [1.165, 1.54) is 14.0 Å². The molecule has 21 heavy (non-hydrogen) atoms. The minimum atomic E-state index is -0.587. The van der Waals surface area contributed by atoms with Gasteiger partial charge in [0.05, 0.1) is 14.2 Å². The Morgan fingerprint density at radius 2 is 1.71 bits per heavy atom. The van der Waals surface area contributed by atoms with Crippen molar-refractivity contribution in [2.24, 2.45) is 5.92 Å². The summed E-state index contributed by atoms with van der Waals surface area (Å²) in [4.78, 5) is 23.4. The van der Waals surface area contributed by atoms with Crippen molar-refractivity contribution in [3.8, 4) is 11.5 Å². The van der Waals surface area contributed by atoms with E-state index < -0.39 is 6.04 Å². The van der Waals surface area contributed by atoms with Gasteiger partial charge < -0.3 is 20.1 Å². The van der Waals surface area contributed by atoms with Crippen LogP contribution in [0.5, 0.6) is 11.5 Å². The van der Waals surface area contributed by atoms with Crippen molar-refractivity contribution in [3.05, 3.63) is 18.2 Å². The van der Waals surface area contributed by atoms with Gasteiger partial charge in [0.2, 0.25) is 11.8 Å². The van der Waals surface area contributed by atoms with E-state index in [0.29, 0.717) is 17.2 Å². The highest BCUT2D eigenvalue weighted by atomic mass is 16.5. The molecule has 6 heteroatoms. The maximum Gasteiger partial charge on any atom is 0.247 e. The highest BCUT2D eigenvalue weighted by Gasteiger charge is 2.23. The molecule has 2 N–H and O–H groups in total. The lowest BCUT2D eigenvalue weighted by molar-refractivity contribution is -0.126. The Kier molecular flexibility index (Phi) is 6.02. The van der Waals surface area contributed by atoms with Gasteiger partial charge >= 0.3 is 0 Å². The number of nitrogens with one attached hydrogen (secondary N) is 2. The molecule has 1 unspecified atom stereocenters. The molecule has 0 heterocycles. The van der Waals surface area contributed by atoms with Gasteiger partial charge in [-0.3, -0.25) is 9.59 Å². The van der Waals surface area contributed by atoms with Crippen molar-refractivity contribution in [2.45, 2.75) is 26.8 Å². The molecule has 2 amide bonds. The predicted octanol–water partition coefficient (Wildman–Crippen LogP) is 1.80. The summed E-state index contributed by atoms with van der Waals surface area (Å²) < 4.78 is 10.3. The first kappa shape index (κ1) is 16.8. The maximum absolute atomic E-state index is 12.2. The van der Waals surface area contributed by atoms with Crippen LogP contribution >= 0.6 is 0 Å². The van der Waals surface area contributed by atoms with Crippen molar-refractivity contribution in [3.63, 3.8) is 0 Å². The summed E-state index contributed by atoms with van der Waals surface area (Å²) in [5.74, 6) is 0.575. The van der Waals surface area contributed by atoms with Crippen LogP contribution in [0.25, 0.3) is 0 Å². The Hall–Kier alpha value is -2.24. The molecule has 0 aliphatic rings. The Morgan fingerprint density at radius 1 is 1.10 bits per heavy atom. The molecular formula is C15H22N2O4. The third-order valence-corrected chi connectivity index (χ3v) is 2.96. The number of ether oxygens (including phenoxy) is 2. The van der Waals surface area contributed by atoms with E-state index in [1.54, 1.807) is 25.3 Å². The summed E-state index contributed by atoms with van der Waals surface area (Å²) >= 11 is 0. The zero-order valence-electron chi connectivity index (χ0n) is 13.0. The van der Waals surface area contributed by atoms with Crippen LogP contribution in [0.3, 0.4) is 0 Å².